The second-order valence-electron chi connectivity index (χ2n) is 4.71. The molecule has 0 N–H and O–H groups in total. The van der Waals surface area contributed by atoms with Crippen LogP contribution >= 0.6 is 39.1 Å². The van der Waals surface area contributed by atoms with Crippen molar-refractivity contribution in [2.24, 2.45) is 0 Å². The first-order chi connectivity index (χ1) is 10.1. The van der Waals surface area contributed by atoms with Gasteiger partial charge in [0.15, 0.2) is 0 Å². The first-order valence-corrected chi connectivity index (χ1v) is 7.95. The Morgan fingerprint density at radius 1 is 0.905 bits per heavy atom. The van der Waals surface area contributed by atoms with Crippen LogP contribution in [0.4, 0.5) is 4.39 Å². The largest absolute Gasteiger partial charge is 0.206 e. The Bertz CT molecular complexity index is 817. The fourth-order valence-electron chi connectivity index (χ4n) is 2.38. The zero-order valence-corrected chi connectivity index (χ0v) is 13.9. The maximum absolute atomic E-state index is 13.9. The molecule has 4 heteroatoms. The fraction of sp³-hybridized carbons (Fsp3) is 0.0588. The number of alkyl halides is 1. The number of hydrogen-bond donors (Lipinski definition) is 0. The number of hydrogen-bond acceptors (Lipinski definition) is 0. The summed E-state index contributed by atoms with van der Waals surface area (Å²) in [5, 5.41) is 1.51. The van der Waals surface area contributed by atoms with E-state index in [0.29, 0.717) is 10.4 Å². The van der Waals surface area contributed by atoms with E-state index in [0.717, 1.165) is 21.0 Å². The molecule has 3 aromatic carbocycles. The molecule has 0 fully saturated rings. The van der Waals surface area contributed by atoms with Gasteiger partial charge >= 0.3 is 0 Å². The molecular weight excluding hydrogens is 374 g/mol. The Balaban J connectivity index is 2.18. The van der Waals surface area contributed by atoms with Crippen molar-refractivity contribution in [2.75, 3.05) is 0 Å². The summed E-state index contributed by atoms with van der Waals surface area (Å²) in [6.07, 6.45) is 0. The van der Waals surface area contributed by atoms with Gasteiger partial charge in [-0.1, -0.05) is 63.9 Å². The second-order valence-corrected chi connectivity index (χ2v) is 6.47. The summed E-state index contributed by atoms with van der Waals surface area (Å²) >= 11 is 16.2. The van der Waals surface area contributed by atoms with Crippen LogP contribution in [-0.2, 0) is 0 Å². The van der Waals surface area contributed by atoms with Gasteiger partial charge in [0, 0.05) is 14.9 Å². The molecule has 21 heavy (non-hydrogen) atoms. The van der Waals surface area contributed by atoms with Crippen LogP contribution in [0.1, 0.15) is 16.5 Å². The lowest BCUT2D eigenvalue weighted by atomic mass is 9.97. The second kappa shape index (κ2) is 5.96. The summed E-state index contributed by atoms with van der Waals surface area (Å²) in [4.78, 5) is 0. The lowest BCUT2D eigenvalue weighted by Gasteiger charge is -2.15. The van der Waals surface area contributed by atoms with Crippen LogP contribution in [0, 0.1) is 5.82 Å². The molecule has 1 unspecified atom stereocenters. The quantitative estimate of drug-likeness (QED) is 0.430. The Kier molecular flexibility index (Phi) is 4.21. The van der Waals surface area contributed by atoms with E-state index >= 15 is 0 Å². The van der Waals surface area contributed by atoms with E-state index in [4.69, 9.17) is 23.2 Å². The van der Waals surface area contributed by atoms with Crippen LogP contribution < -0.4 is 0 Å². The third-order valence-corrected chi connectivity index (χ3v) is 4.70. The molecule has 0 radical (unpaired) electrons. The highest BCUT2D eigenvalue weighted by Gasteiger charge is 2.18. The Labute approximate surface area is 140 Å². The van der Waals surface area contributed by atoms with Crippen molar-refractivity contribution in [3.8, 4) is 0 Å². The van der Waals surface area contributed by atoms with Crippen LogP contribution in [0.3, 0.4) is 0 Å². The first kappa shape index (κ1) is 14.8. The molecule has 0 spiro atoms. The lowest BCUT2D eigenvalue weighted by Crippen LogP contribution is -1.97. The van der Waals surface area contributed by atoms with Crippen molar-refractivity contribution in [3.05, 3.63) is 81.0 Å². The van der Waals surface area contributed by atoms with Gasteiger partial charge in [-0.15, -0.1) is 11.6 Å². The zero-order valence-electron chi connectivity index (χ0n) is 10.8. The predicted octanol–water partition coefficient (Wildman–Crippen LogP) is 6.72. The summed E-state index contributed by atoms with van der Waals surface area (Å²) in [5.74, 6) is -0.250. The molecule has 1 atom stereocenters. The van der Waals surface area contributed by atoms with Crippen molar-refractivity contribution in [1.82, 2.24) is 0 Å². The van der Waals surface area contributed by atoms with E-state index in [1.54, 1.807) is 18.2 Å². The number of benzene rings is 3. The molecule has 0 aromatic heterocycles. The van der Waals surface area contributed by atoms with Crippen molar-refractivity contribution in [1.29, 1.82) is 0 Å². The SMILES string of the molecule is Fc1ccc(C(Cl)c2ccc(Br)cc2Cl)c2ccccc12. The first-order valence-electron chi connectivity index (χ1n) is 6.34. The van der Waals surface area contributed by atoms with E-state index in [2.05, 4.69) is 15.9 Å². The average molecular weight is 384 g/mol. The molecule has 0 bridgehead atoms. The molecule has 0 aliphatic heterocycles. The summed E-state index contributed by atoms with van der Waals surface area (Å²) in [6.45, 7) is 0. The highest BCUT2D eigenvalue weighted by molar-refractivity contribution is 9.10. The van der Waals surface area contributed by atoms with Crippen molar-refractivity contribution < 1.29 is 4.39 Å². The van der Waals surface area contributed by atoms with Gasteiger partial charge in [-0.25, -0.2) is 4.39 Å². The van der Waals surface area contributed by atoms with Crippen molar-refractivity contribution >= 4 is 49.9 Å². The van der Waals surface area contributed by atoms with E-state index in [1.165, 1.54) is 6.07 Å². The topological polar surface area (TPSA) is 0 Å². The minimum Gasteiger partial charge on any atom is -0.206 e. The van der Waals surface area contributed by atoms with E-state index < -0.39 is 5.38 Å². The fourth-order valence-corrected chi connectivity index (χ4v) is 3.60. The van der Waals surface area contributed by atoms with Gasteiger partial charge in [-0.2, -0.15) is 0 Å². The molecule has 3 aromatic rings. The van der Waals surface area contributed by atoms with Crippen LogP contribution in [0.15, 0.2) is 59.1 Å². The zero-order chi connectivity index (χ0) is 15.0. The molecule has 0 saturated carbocycles. The maximum Gasteiger partial charge on any atom is 0.131 e. The Hall–Kier alpha value is -1.09. The molecule has 0 heterocycles. The van der Waals surface area contributed by atoms with Crippen LogP contribution in [0.25, 0.3) is 10.8 Å². The van der Waals surface area contributed by atoms with Crippen LogP contribution in [-0.4, -0.2) is 0 Å². The Morgan fingerprint density at radius 3 is 2.29 bits per heavy atom. The summed E-state index contributed by atoms with van der Waals surface area (Å²) in [7, 11) is 0. The highest BCUT2D eigenvalue weighted by atomic mass is 79.9. The van der Waals surface area contributed by atoms with E-state index in [9.17, 15) is 4.39 Å². The van der Waals surface area contributed by atoms with Crippen molar-refractivity contribution in [3.63, 3.8) is 0 Å². The summed E-state index contributed by atoms with van der Waals surface area (Å²) in [5.41, 5.74) is 1.65. The van der Waals surface area contributed by atoms with Gasteiger partial charge in [0.1, 0.15) is 5.82 Å². The highest BCUT2D eigenvalue weighted by Crippen LogP contribution is 2.38. The number of fused-ring (bicyclic) bond motifs is 1. The standard InChI is InChI=1S/C17H10BrCl2F/c18-10-5-6-14(15(19)9-10)17(20)13-7-8-16(21)12-4-2-1-3-11(12)13/h1-9,17H. The summed E-state index contributed by atoms with van der Waals surface area (Å²) < 4.78 is 14.8. The lowest BCUT2D eigenvalue weighted by molar-refractivity contribution is 0.639. The van der Waals surface area contributed by atoms with E-state index in [1.807, 2.05) is 30.3 Å². The molecule has 0 aliphatic rings. The van der Waals surface area contributed by atoms with Gasteiger partial charge in [0.2, 0.25) is 0 Å². The molecular formula is C17H10BrCl2F. The van der Waals surface area contributed by atoms with Crippen LogP contribution in [0.5, 0.6) is 0 Å². The average Bonchev–Trinajstić information content (AvgIpc) is 2.47. The van der Waals surface area contributed by atoms with Gasteiger partial charge in [-0.05, 0) is 34.7 Å². The van der Waals surface area contributed by atoms with Gasteiger partial charge in [-0.3, -0.25) is 0 Å². The minimum absolute atomic E-state index is 0.250. The molecule has 0 aliphatic carbocycles. The van der Waals surface area contributed by atoms with Gasteiger partial charge < -0.3 is 0 Å². The minimum atomic E-state index is -0.434. The van der Waals surface area contributed by atoms with Crippen LogP contribution in [0.2, 0.25) is 5.02 Å². The number of halogens is 4. The third-order valence-electron chi connectivity index (χ3n) is 3.41. The van der Waals surface area contributed by atoms with Crippen molar-refractivity contribution in [2.45, 2.75) is 5.38 Å². The monoisotopic (exact) mass is 382 g/mol. The predicted molar refractivity (Wildman–Crippen MR) is 90.8 cm³/mol. The smallest absolute Gasteiger partial charge is 0.131 e. The molecule has 0 saturated heterocycles. The normalized spacial score (nSPS) is 12.6. The van der Waals surface area contributed by atoms with Gasteiger partial charge in [0.25, 0.3) is 0 Å². The maximum atomic E-state index is 13.9. The third kappa shape index (κ3) is 2.80. The molecule has 0 amide bonds. The van der Waals surface area contributed by atoms with Gasteiger partial charge in [0.05, 0.1) is 5.38 Å². The Morgan fingerprint density at radius 2 is 1.57 bits per heavy atom. The number of rotatable bonds is 2. The van der Waals surface area contributed by atoms with E-state index in [-0.39, 0.29) is 5.82 Å². The molecule has 106 valence electrons. The molecule has 3 rings (SSSR count). The summed E-state index contributed by atoms with van der Waals surface area (Å²) in [6, 6.07) is 16.0. The molecule has 0 nitrogen and oxygen atoms in total.